The van der Waals surface area contributed by atoms with Gasteiger partial charge >= 0.3 is 16.8 Å². The number of hydrogen-bond donors (Lipinski definition) is 2. The molecule has 0 spiro atoms. The molecule has 15 heteroatoms. The number of hydrogen-bond acceptors (Lipinski definition) is 6. The van der Waals surface area contributed by atoms with Gasteiger partial charge in [-0.25, -0.2) is 9.37 Å². The van der Waals surface area contributed by atoms with Crippen molar-refractivity contribution in [3.05, 3.63) is 56.8 Å². The van der Waals surface area contributed by atoms with Gasteiger partial charge in [0.05, 0.1) is 50.4 Å². The van der Waals surface area contributed by atoms with E-state index in [4.69, 9.17) is 23.2 Å². The van der Waals surface area contributed by atoms with Crippen LogP contribution in [0, 0.1) is 5.82 Å². The Kier molecular flexibility index (Phi) is 7.16. The largest absolute Gasteiger partial charge is 0.351 e. The normalized spacial score (nSPS) is 16.8. The highest BCUT2D eigenvalue weighted by atomic mass is 35.5. The topological polar surface area (TPSA) is 106 Å². The Bertz CT molecular complexity index is 1450. The van der Waals surface area contributed by atoms with Crippen molar-refractivity contribution in [3.63, 3.8) is 0 Å². The molecule has 1 aromatic heterocycles. The second-order valence-electron chi connectivity index (χ2n) is 7.66. The Balaban J connectivity index is 1.62. The molecule has 35 heavy (non-hydrogen) atoms. The van der Waals surface area contributed by atoms with Crippen LogP contribution in [0.15, 0.2) is 35.4 Å². The average molecular weight is 552 g/mol. The van der Waals surface area contributed by atoms with E-state index in [0.717, 1.165) is 16.4 Å². The van der Waals surface area contributed by atoms with Crippen LogP contribution >= 0.6 is 23.2 Å². The number of halogens is 5. The van der Waals surface area contributed by atoms with Gasteiger partial charge in [-0.05, 0) is 30.7 Å². The van der Waals surface area contributed by atoms with Crippen LogP contribution < -0.4 is 15.6 Å². The van der Waals surface area contributed by atoms with Crippen molar-refractivity contribution in [3.8, 4) is 0 Å². The minimum absolute atomic E-state index is 0.0280. The molecule has 188 valence electrons. The number of nitrogens with zero attached hydrogens (tertiary/aromatic N) is 3. The van der Waals surface area contributed by atoms with Crippen molar-refractivity contribution >= 4 is 61.4 Å². The fraction of sp³-hybridized carbons (Fsp3) is 0.300. The summed E-state index contributed by atoms with van der Waals surface area (Å²) in [5, 5.41) is 2.46. The summed E-state index contributed by atoms with van der Waals surface area (Å²) < 4.78 is 73.8. The lowest BCUT2D eigenvalue weighted by atomic mass is 10.2. The van der Waals surface area contributed by atoms with E-state index in [1.54, 1.807) is 0 Å². The fourth-order valence-electron chi connectivity index (χ4n) is 3.61. The minimum atomic E-state index is -4.21. The molecule has 0 amide bonds. The van der Waals surface area contributed by atoms with Gasteiger partial charge in [-0.3, -0.25) is 9.52 Å². The Morgan fingerprint density at radius 2 is 1.89 bits per heavy atom. The SMILES string of the molecule is Cn1cnc2ccc(Nc3c(F)ccc(NS(=O)(=O)N4CC[C@@H](OC(F)F)C4)c3Cl)c(Cl)c2c1=O. The first-order valence-electron chi connectivity index (χ1n) is 10.1. The van der Waals surface area contributed by atoms with Crippen molar-refractivity contribution in [2.75, 3.05) is 23.1 Å². The van der Waals surface area contributed by atoms with Crippen molar-refractivity contribution in [2.45, 2.75) is 19.1 Å². The van der Waals surface area contributed by atoms with Crippen LogP contribution in [0.2, 0.25) is 10.0 Å². The average Bonchev–Trinajstić information content (AvgIpc) is 3.26. The molecular weight excluding hydrogens is 534 g/mol. The van der Waals surface area contributed by atoms with Crippen molar-refractivity contribution < 1.29 is 26.3 Å². The summed E-state index contributed by atoms with van der Waals surface area (Å²) in [6.07, 6.45) is 0.469. The van der Waals surface area contributed by atoms with Gasteiger partial charge in [0.1, 0.15) is 5.82 Å². The smallest absolute Gasteiger partial charge is 0.345 e. The number of rotatable bonds is 7. The second kappa shape index (κ2) is 9.82. The van der Waals surface area contributed by atoms with E-state index < -0.39 is 34.3 Å². The third kappa shape index (κ3) is 5.19. The first kappa shape index (κ1) is 25.5. The maximum absolute atomic E-state index is 14.7. The van der Waals surface area contributed by atoms with E-state index in [1.807, 2.05) is 0 Å². The van der Waals surface area contributed by atoms with E-state index in [1.165, 1.54) is 30.1 Å². The van der Waals surface area contributed by atoms with Crippen LogP contribution in [0.5, 0.6) is 0 Å². The molecule has 0 saturated carbocycles. The quantitative estimate of drug-likeness (QED) is 0.458. The van der Waals surface area contributed by atoms with Crippen LogP contribution in [0.3, 0.4) is 0 Å². The molecule has 3 aromatic rings. The zero-order chi connectivity index (χ0) is 25.5. The van der Waals surface area contributed by atoms with E-state index >= 15 is 0 Å². The van der Waals surface area contributed by atoms with Crippen molar-refractivity contribution in [1.82, 2.24) is 13.9 Å². The predicted octanol–water partition coefficient (Wildman–Crippen LogP) is 4.09. The molecule has 1 atom stereocenters. The molecule has 1 aliphatic heterocycles. The molecule has 9 nitrogen and oxygen atoms in total. The molecule has 0 bridgehead atoms. The lowest BCUT2D eigenvalue weighted by Crippen LogP contribution is -2.35. The number of alkyl halides is 2. The fourth-order valence-corrected chi connectivity index (χ4v) is 5.48. The Morgan fingerprint density at radius 3 is 2.60 bits per heavy atom. The number of nitrogens with one attached hydrogen (secondary N) is 2. The number of aryl methyl sites for hydroxylation is 1. The molecule has 4 rings (SSSR count). The summed E-state index contributed by atoms with van der Waals surface area (Å²) >= 11 is 12.7. The molecule has 0 unspecified atom stereocenters. The van der Waals surface area contributed by atoms with Gasteiger partial charge in [0, 0.05) is 20.1 Å². The van der Waals surface area contributed by atoms with E-state index in [9.17, 15) is 26.4 Å². The first-order chi connectivity index (χ1) is 16.5. The van der Waals surface area contributed by atoms with Crippen LogP contribution in [0.1, 0.15) is 6.42 Å². The maximum Gasteiger partial charge on any atom is 0.345 e. The Hall–Kier alpha value is -2.58. The lowest BCUT2D eigenvalue weighted by molar-refractivity contribution is -0.157. The lowest BCUT2D eigenvalue weighted by Gasteiger charge is -2.20. The number of aromatic nitrogens is 2. The molecule has 2 N–H and O–H groups in total. The standard InChI is InChI=1S/C20H18Cl2F3N5O4S/c1-29-9-26-12-4-5-13(16(21)15(12)19(29)31)27-18-11(23)2-3-14(17(18)22)28-35(32,33)30-7-6-10(8-30)34-20(24)25/h2-5,9-10,20,27-28H,6-8H2,1H3/t10-/m1/s1. The van der Waals surface area contributed by atoms with Gasteiger partial charge in [0.15, 0.2) is 0 Å². The Morgan fingerprint density at radius 1 is 1.17 bits per heavy atom. The van der Waals surface area contributed by atoms with Crippen LogP contribution in [0.4, 0.5) is 30.2 Å². The number of ether oxygens (including phenoxy) is 1. The van der Waals surface area contributed by atoms with Gasteiger partial charge < -0.3 is 14.6 Å². The monoisotopic (exact) mass is 551 g/mol. The highest BCUT2D eigenvalue weighted by molar-refractivity contribution is 7.90. The molecule has 1 aliphatic rings. The summed E-state index contributed by atoms with van der Waals surface area (Å²) in [6.45, 7) is -3.35. The third-order valence-corrected chi connectivity index (χ3v) is 7.63. The zero-order valence-electron chi connectivity index (χ0n) is 17.9. The maximum atomic E-state index is 14.7. The molecule has 2 aromatic carbocycles. The van der Waals surface area contributed by atoms with E-state index in [-0.39, 0.29) is 52.0 Å². The highest BCUT2D eigenvalue weighted by Crippen LogP contribution is 2.38. The summed E-state index contributed by atoms with van der Waals surface area (Å²) in [5.41, 5.74) is -0.415. The van der Waals surface area contributed by atoms with Gasteiger partial charge in [0.25, 0.3) is 5.56 Å². The number of benzene rings is 2. The summed E-state index contributed by atoms with van der Waals surface area (Å²) in [5.74, 6) is -0.820. The molecule has 1 saturated heterocycles. The number of fused-ring (bicyclic) bond motifs is 1. The van der Waals surface area contributed by atoms with Crippen molar-refractivity contribution in [1.29, 1.82) is 0 Å². The molecule has 1 fully saturated rings. The predicted molar refractivity (Wildman–Crippen MR) is 126 cm³/mol. The van der Waals surface area contributed by atoms with Gasteiger partial charge in [-0.15, -0.1) is 0 Å². The summed E-state index contributed by atoms with van der Waals surface area (Å²) in [4.78, 5) is 16.6. The van der Waals surface area contributed by atoms with Crippen LogP contribution in [0.25, 0.3) is 10.9 Å². The molecule has 2 heterocycles. The second-order valence-corrected chi connectivity index (χ2v) is 10.1. The summed E-state index contributed by atoms with van der Waals surface area (Å²) in [6, 6.07) is 5.07. The third-order valence-electron chi connectivity index (χ3n) is 5.36. The molecule has 0 radical (unpaired) electrons. The van der Waals surface area contributed by atoms with Gasteiger partial charge in [-0.2, -0.15) is 21.5 Å². The molecule has 0 aliphatic carbocycles. The highest BCUT2D eigenvalue weighted by Gasteiger charge is 2.34. The molecular formula is C20H18Cl2F3N5O4S. The van der Waals surface area contributed by atoms with Crippen LogP contribution in [-0.2, 0) is 22.0 Å². The minimum Gasteiger partial charge on any atom is -0.351 e. The van der Waals surface area contributed by atoms with Gasteiger partial charge in [-0.1, -0.05) is 23.2 Å². The van der Waals surface area contributed by atoms with E-state index in [2.05, 4.69) is 19.8 Å². The number of anilines is 3. The zero-order valence-corrected chi connectivity index (χ0v) is 20.3. The van der Waals surface area contributed by atoms with Crippen molar-refractivity contribution in [2.24, 2.45) is 7.05 Å². The van der Waals surface area contributed by atoms with Gasteiger partial charge in [0.2, 0.25) is 0 Å². The summed E-state index contributed by atoms with van der Waals surface area (Å²) in [7, 11) is -2.71. The Labute approximate surface area is 207 Å². The van der Waals surface area contributed by atoms with Crippen LogP contribution in [-0.4, -0.2) is 48.1 Å². The van der Waals surface area contributed by atoms with E-state index in [0.29, 0.717) is 5.52 Å². The first-order valence-corrected chi connectivity index (χ1v) is 12.3.